The van der Waals surface area contributed by atoms with Crippen LogP contribution >= 0.6 is 11.6 Å². The number of nitrogens with zero attached hydrogens (tertiary/aromatic N) is 2. The molecule has 19 heavy (non-hydrogen) atoms. The minimum atomic E-state index is -0.143. The molecule has 1 aromatic carbocycles. The fraction of sp³-hybridized carbons (Fsp3) is 0.200. The molecule has 0 aliphatic rings. The monoisotopic (exact) mass is 274 g/mol. The average molecular weight is 275 g/mol. The minimum Gasteiger partial charge on any atom is -0.307 e. The highest BCUT2D eigenvalue weighted by molar-refractivity contribution is 6.29. The number of anilines is 1. The summed E-state index contributed by atoms with van der Waals surface area (Å²) in [6.45, 7) is 4.51. The van der Waals surface area contributed by atoms with Crippen molar-refractivity contribution in [3.63, 3.8) is 0 Å². The molecule has 0 saturated carbocycles. The van der Waals surface area contributed by atoms with Crippen LogP contribution in [0.15, 0.2) is 42.5 Å². The van der Waals surface area contributed by atoms with Crippen molar-refractivity contribution in [2.24, 2.45) is 0 Å². The summed E-state index contributed by atoms with van der Waals surface area (Å²) in [7, 11) is 0. The van der Waals surface area contributed by atoms with Crippen LogP contribution in [0, 0.1) is 6.92 Å². The van der Waals surface area contributed by atoms with Crippen LogP contribution < -0.4 is 4.90 Å². The van der Waals surface area contributed by atoms with Gasteiger partial charge in [0.2, 0.25) is 0 Å². The minimum absolute atomic E-state index is 0.143. The Morgan fingerprint density at radius 3 is 2.63 bits per heavy atom. The van der Waals surface area contributed by atoms with E-state index < -0.39 is 0 Å². The maximum atomic E-state index is 12.4. The van der Waals surface area contributed by atoms with Gasteiger partial charge in [-0.3, -0.25) is 4.79 Å². The Morgan fingerprint density at radius 1 is 1.26 bits per heavy atom. The molecule has 2 rings (SSSR count). The lowest BCUT2D eigenvalue weighted by Gasteiger charge is -2.21. The van der Waals surface area contributed by atoms with E-state index in [0.29, 0.717) is 17.4 Å². The number of hydrogen-bond donors (Lipinski definition) is 0. The van der Waals surface area contributed by atoms with E-state index in [1.54, 1.807) is 23.1 Å². The number of carbonyl (C=O) groups excluding carboxylic acids is 1. The van der Waals surface area contributed by atoms with Gasteiger partial charge < -0.3 is 4.90 Å². The molecule has 0 aliphatic heterocycles. The molecule has 4 heteroatoms. The predicted octanol–water partition coefficient (Wildman–Crippen LogP) is 3.71. The van der Waals surface area contributed by atoms with E-state index in [4.69, 9.17) is 11.6 Å². The van der Waals surface area contributed by atoms with Crippen molar-refractivity contribution in [1.29, 1.82) is 0 Å². The lowest BCUT2D eigenvalue weighted by Crippen LogP contribution is -2.31. The summed E-state index contributed by atoms with van der Waals surface area (Å²) in [5.41, 5.74) is 2.34. The largest absolute Gasteiger partial charge is 0.307 e. The molecule has 1 aromatic heterocycles. The second-order valence-electron chi connectivity index (χ2n) is 4.23. The first kappa shape index (κ1) is 13.6. The summed E-state index contributed by atoms with van der Waals surface area (Å²) >= 11 is 5.83. The van der Waals surface area contributed by atoms with E-state index >= 15 is 0 Å². The molecular formula is C15H15ClN2O. The third-order valence-electron chi connectivity index (χ3n) is 2.81. The lowest BCUT2D eigenvalue weighted by atomic mass is 10.2. The van der Waals surface area contributed by atoms with Crippen LogP contribution in [0.4, 0.5) is 5.69 Å². The van der Waals surface area contributed by atoms with Gasteiger partial charge in [0.25, 0.3) is 5.91 Å². The van der Waals surface area contributed by atoms with Crippen molar-refractivity contribution >= 4 is 23.2 Å². The highest BCUT2D eigenvalue weighted by Gasteiger charge is 2.17. The first-order valence-corrected chi connectivity index (χ1v) is 6.50. The van der Waals surface area contributed by atoms with E-state index in [1.165, 1.54) is 0 Å². The number of carbonyl (C=O) groups is 1. The quantitative estimate of drug-likeness (QED) is 0.800. The van der Waals surface area contributed by atoms with Crippen molar-refractivity contribution in [3.05, 3.63) is 58.9 Å². The highest BCUT2D eigenvalue weighted by atomic mass is 35.5. The number of halogens is 1. The molecular weight excluding hydrogens is 260 g/mol. The molecule has 3 nitrogen and oxygen atoms in total. The van der Waals surface area contributed by atoms with Gasteiger partial charge in [0, 0.05) is 12.2 Å². The molecule has 0 N–H and O–H groups in total. The van der Waals surface area contributed by atoms with Crippen molar-refractivity contribution < 1.29 is 4.79 Å². The summed E-state index contributed by atoms with van der Waals surface area (Å²) in [5.74, 6) is -0.143. The Balaban J connectivity index is 2.34. The van der Waals surface area contributed by atoms with Crippen molar-refractivity contribution in [2.75, 3.05) is 11.4 Å². The summed E-state index contributed by atoms with van der Waals surface area (Å²) < 4.78 is 0. The summed E-state index contributed by atoms with van der Waals surface area (Å²) in [5, 5.41) is 0.325. The number of rotatable bonds is 3. The van der Waals surface area contributed by atoms with Gasteiger partial charge >= 0.3 is 0 Å². The Morgan fingerprint density at radius 2 is 2.00 bits per heavy atom. The first-order chi connectivity index (χ1) is 9.11. The van der Waals surface area contributed by atoms with Crippen molar-refractivity contribution in [2.45, 2.75) is 13.8 Å². The fourth-order valence-corrected chi connectivity index (χ4v) is 2.07. The Bertz CT molecular complexity index is 598. The zero-order valence-corrected chi connectivity index (χ0v) is 11.7. The van der Waals surface area contributed by atoms with Crippen LogP contribution in [-0.4, -0.2) is 17.4 Å². The van der Waals surface area contributed by atoms with Gasteiger partial charge in [-0.1, -0.05) is 29.8 Å². The summed E-state index contributed by atoms with van der Waals surface area (Å²) in [6.07, 6.45) is 0. The van der Waals surface area contributed by atoms with Crippen molar-refractivity contribution in [1.82, 2.24) is 4.98 Å². The molecule has 0 spiro atoms. The summed E-state index contributed by atoms with van der Waals surface area (Å²) in [6, 6.07) is 12.9. The van der Waals surface area contributed by atoms with E-state index in [1.807, 2.05) is 38.1 Å². The van der Waals surface area contributed by atoms with Gasteiger partial charge in [-0.15, -0.1) is 0 Å². The maximum Gasteiger partial charge on any atom is 0.276 e. The van der Waals surface area contributed by atoms with Gasteiger partial charge in [-0.05, 0) is 43.7 Å². The molecule has 0 aliphatic carbocycles. The van der Waals surface area contributed by atoms with E-state index in [0.717, 1.165) is 11.3 Å². The van der Waals surface area contributed by atoms with Gasteiger partial charge in [0.05, 0.1) is 0 Å². The molecule has 0 atom stereocenters. The van der Waals surface area contributed by atoms with Crippen LogP contribution in [0.25, 0.3) is 0 Å². The number of amides is 1. The van der Waals surface area contributed by atoms with Gasteiger partial charge in [-0.2, -0.15) is 0 Å². The summed E-state index contributed by atoms with van der Waals surface area (Å²) in [4.78, 5) is 18.2. The first-order valence-electron chi connectivity index (χ1n) is 6.13. The zero-order valence-electron chi connectivity index (χ0n) is 10.9. The number of aromatic nitrogens is 1. The zero-order chi connectivity index (χ0) is 13.8. The van der Waals surface area contributed by atoms with Crippen molar-refractivity contribution in [3.8, 4) is 0 Å². The molecule has 2 aromatic rings. The number of hydrogen-bond acceptors (Lipinski definition) is 2. The second kappa shape index (κ2) is 5.85. The third kappa shape index (κ3) is 3.12. The predicted molar refractivity (Wildman–Crippen MR) is 77.8 cm³/mol. The number of benzene rings is 1. The molecule has 0 radical (unpaired) electrons. The van der Waals surface area contributed by atoms with Gasteiger partial charge in [0.1, 0.15) is 10.8 Å². The number of aryl methyl sites for hydroxylation is 1. The molecule has 0 bridgehead atoms. The fourth-order valence-electron chi connectivity index (χ4n) is 1.90. The average Bonchev–Trinajstić information content (AvgIpc) is 2.39. The SMILES string of the molecule is CCN(C(=O)c1cccc(Cl)n1)c1cccc(C)c1. The Hall–Kier alpha value is -1.87. The van der Waals surface area contributed by atoms with Crippen LogP contribution in [0.1, 0.15) is 23.0 Å². The molecule has 1 heterocycles. The second-order valence-corrected chi connectivity index (χ2v) is 4.62. The van der Waals surface area contributed by atoms with E-state index in [-0.39, 0.29) is 5.91 Å². The van der Waals surface area contributed by atoms with Crippen LogP contribution in [0.2, 0.25) is 5.15 Å². The molecule has 0 fully saturated rings. The maximum absolute atomic E-state index is 12.4. The van der Waals surface area contributed by atoms with E-state index in [2.05, 4.69) is 4.98 Å². The van der Waals surface area contributed by atoms with Crippen LogP contribution in [-0.2, 0) is 0 Å². The smallest absolute Gasteiger partial charge is 0.276 e. The highest BCUT2D eigenvalue weighted by Crippen LogP contribution is 2.18. The molecule has 0 unspecified atom stereocenters. The van der Waals surface area contributed by atoms with Crippen LogP contribution in [0.3, 0.4) is 0 Å². The third-order valence-corrected chi connectivity index (χ3v) is 3.02. The molecule has 98 valence electrons. The van der Waals surface area contributed by atoms with E-state index in [9.17, 15) is 4.79 Å². The van der Waals surface area contributed by atoms with Crippen LogP contribution in [0.5, 0.6) is 0 Å². The van der Waals surface area contributed by atoms with Gasteiger partial charge in [-0.25, -0.2) is 4.98 Å². The van der Waals surface area contributed by atoms with Gasteiger partial charge in [0.15, 0.2) is 0 Å². The standard InChI is InChI=1S/C15H15ClN2O/c1-3-18(12-7-4-6-11(2)10-12)15(19)13-8-5-9-14(16)17-13/h4-10H,3H2,1-2H3. The number of pyridine rings is 1. The molecule has 1 amide bonds. The normalized spacial score (nSPS) is 10.3. The molecule has 0 saturated heterocycles. The lowest BCUT2D eigenvalue weighted by molar-refractivity contribution is 0.0983. The Kier molecular flexibility index (Phi) is 4.17. The topological polar surface area (TPSA) is 33.2 Å². The Labute approximate surface area is 117 Å².